The van der Waals surface area contributed by atoms with Crippen LogP contribution in [0.2, 0.25) is 0 Å². The minimum absolute atomic E-state index is 0. The SMILES string of the molecule is C1CCN=C(NC2CCCC2C2CCCCC2)CC1.Cl. The van der Waals surface area contributed by atoms with E-state index in [0.717, 1.165) is 24.4 Å². The normalized spacial score (nSPS) is 32.1. The van der Waals surface area contributed by atoms with Crippen LogP contribution in [-0.4, -0.2) is 18.4 Å². The van der Waals surface area contributed by atoms with Crippen molar-refractivity contribution in [2.45, 2.75) is 83.1 Å². The number of hydrogen-bond donors (Lipinski definition) is 1. The van der Waals surface area contributed by atoms with Gasteiger partial charge < -0.3 is 5.32 Å². The summed E-state index contributed by atoms with van der Waals surface area (Å²) >= 11 is 0. The largest absolute Gasteiger partial charge is 0.371 e. The van der Waals surface area contributed by atoms with Crippen molar-refractivity contribution in [2.24, 2.45) is 16.8 Å². The quantitative estimate of drug-likeness (QED) is 0.784. The second-order valence-corrected chi connectivity index (χ2v) is 6.88. The van der Waals surface area contributed by atoms with E-state index in [1.807, 2.05) is 0 Å². The highest BCUT2D eigenvalue weighted by atomic mass is 35.5. The number of rotatable bonds is 2. The first-order valence-corrected chi connectivity index (χ1v) is 8.73. The summed E-state index contributed by atoms with van der Waals surface area (Å²) in [6.45, 7) is 1.06. The number of amidine groups is 1. The molecule has 2 atom stereocenters. The molecule has 2 saturated carbocycles. The smallest absolute Gasteiger partial charge is 0.0965 e. The lowest BCUT2D eigenvalue weighted by atomic mass is 9.77. The standard InChI is InChI=1S/C17H30N2.ClH/c1-3-8-14(9-4-1)15-10-7-11-16(15)19-17-12-5-2-6-13-18-17;/h14-16H,1-13H2,(H,18,19);1H. The number of nitrogens with zero attached hydrogens (tertiary/aromatic N) is 1. The van der Waals surface area contributed by atoms with Gasteiger partial charge in [-0.25, -0.2) is 0 Å². The maximum absolute atomic E-state index is 4.77. The molecule has 3 heteroatoms. The third-order valence-corrected chi connectivity index (χ3v) is 5.55. The first kappa shape index (κ1) is 16.1. The van der Waals surface area contributed by atoms with E-state index in [1.165, 1.54) is 82.9 Å². The summed E-state index contributed by atoms with van der Waals surface area (Å²) in [6.07, 6.45) is 16.9. The molecule has 0 radical (unpaired) electrons. The van der Waals surface area contributed by atoms with Crippen LogP contribution in [0.3, 0.4) is 0 Å². The van der Waals surface area contributed by atoms with Crippen LogP contribution in [0.5, 0.6) is 0 Å². The lowest BCUT2D eigenvalue weighted by Gasteiger charge is -2.32. The Labute approximate surface area is 130 Å². The molecule has 0 spiro atoms. The van der Waals surface area contributed by atoms with Crippen molar-refractivity contribution >= 4 is 18.2 Å². The van der Waals surface area contributed by atoms with Crippen molar-refractivity contribution in [3.8, 4) is 0 Å². The molecule has 0 aromatic rings. The van der Waals surface area contributed by atoms with E-state index >= 15 is 0 Å². The average molecular weight is 299 g/mol. The fourth-order valence-electron chi connectivity index (χ4n) is 4.50. The first-order chi connectivity index (χ1) is 9.43. The molecular formula is C17H31ClN2. The zero-order chi connectivity index (χ0) is 12.9. The summed E-state index contributed by atoms with van der Waals surface area (Å²) in [5, 5.41) is 3.86. The molecule has 0 aromatic heterocycles. The number of aliphatic imine (C=N–C) groups is 1. The molecule has 3 rings (SSSR count). The molecule has 1 aliphatic heterocycles. The third kappa shape index (κ3) is 4.13. The van der Waals surface area contributed by atoms with E-state index in [-0.39, 0.29) is 12.4 Å². The summed E-state index contributed by atoms with van der Waals surface area (Å²) in [6, 6.07) is 0.750. The van der Waals surface area contributed by atoms with E-state index in [9.17, 15) is 0 Å². The fourth-order valence-corrected chi connectivity index (χ4v) is 4.50. The summed E-state index contributed by atoms with van der Waals surface area (Å²) in [7, 11) is 0. The maximum atomic E-state index is 4.77. The lowest BCUT2D eigenvalue weighted by molar-refractivity contribution is 0.226. The van der Waals surface area contributed by atoms with Crippen molar-refractivity contribution in [2.75, 3.05) is 6.54 Å². The van der Waals surface area contributed by atoms with Crippen molar-refractivity contribution in [1.29, 1.82) is 0 Å². The van der Waals surface area contributed by atoms with Crippen LogP contribution in [0.4, 0.5) is 0 Å². The Bertz CT molecular complexity index is 310. The lowest BCUT2D eigenvalue weighted by Crippen LogP contribution is -2.40. The molecule has 0 saturated heterocycles. The van der Waals surface area contributed by atoms with Crippen molar-refractivity contribution in [3.63, 3.8) is 0 Å². The molecule has 2 unspecified atom stereocenters. The predicted molar refractivity (Wildman–Crippen MR) is 88.9 cm³/mol. The average Bonchev–Trinajstić information content (AvgIpc) is 2.75. The highest BCUT2D eigenvalue weighted by Gasteiger charge is 2.34. The Hall–Kier alpha value is -0.240. The van der Waals surface area contributed by atoms with Crippen LogP contribution in [0.1, 0.15) is 77.0 Å². The van der Waals surface area contributed by atoms with Crippen LogP contribution < -0.4 is 5.32 Å². The number of nitrogens with one attached hydrogen (secondary N) is 1. The molecule has 0 bridgehead atoms. The second-order valence-electron chi connectivity index (χ2n) is 6.88. The Balaban J connectivity index is 0.00000147. The van der Waals surface area contributed by atoms with Gasteiger partial charge in [0.15, 0.2) is 0 Å². The fraction of sp³-hybridized carbons (Fsp3) is 0.941. The van der Waals surface area contributed by atoms with Crippen molar-refractivity contribution in [3.05, 3.63) is 0 Å². The van der Waals surface area contributed by atoms with Crippen molar-refractivity contribution in [1.82, 2.24) is 5.32 Å². The summed E-state index contributed by atoms with van der Waals surface area (Å²) in [5.41, 5.74) is 0. The zero-order valence-electron chi connectivity index (χ0n) is 12.8. The van der Waals surface area contributed by atoms with Gasteiger partial charge in [-0.15, -0.1) is 12.4 Å². The molecule has 0 aromatic carbocycles. The van der Waals surface area contributed by atoms with Gasteiger partial charge in [0.05, 0.1) is 5.84 Å². The summed E-state index contributed by atoms with van der Waals surface area (Å²) in [4.78, 5) is 4.77. The van der Waals surface area contributed by atoms with E-state index in [2.05, 4.69) is 5.32 Å². The first-order valence-electron chi connectivity index (χ1n) is 8.73. The topological polar surface area (TPSA) is 24.4 Å². The van der Waals surface area contributed by atoms with Crippen LogP contribution in [-0.2, 0) is 0 Å². The Morgan fingerprint density at radius 3 is 2.45 bits per heavy atom. The molecule has 2 aliphatic carbocycles. The van der Waals surface area contributed by atoms with E-state index < -0.39 is 0 Å². The zero-order valence-corrected chi connectivity index (χ0v) is 13.6. The molecule has 1 N–H and O–H groups in total. The van der Waals surface area contributed by atoms with Gasteiger partial charge in [-0.3, -0.25) is 4.99 Å². The Kier molecular flexibility index (Phi) is 6.67. The van der Waals surface area contributed by atoms with Gasteiger partial charge in [0.25, 0.3) is 0 Å². The molecule has 1 heterocycles. The summed E-state index contributed by atoms with van der Waals surface area (Å²) < 4.78 is 0. The Morgan fingerprint density at radius 2 is 1.60 bits per heavy atom. The van der Waals surface area contributed by atoms with Gasteiger partial charge >= 0.3 is 0 Å². The van der Waals surface area contributed by atoms with E-state index in [0.29, 0.717) is 0 Å². The molecule has 3 aliphatic rings. The van der Waals surface area contributed by atoms with Gasteiger partial charge in [-0.2, -0.15) is 0 Å². The second kappa shape index (κ2) is 8.26. The Morgan fingerprint density at radius 1 is 0.800 bits per heavy atom. The van der Waals surface area contributed by atoms with Crippen molar-refractivity contribution < 1.29 is 0 Å². The highest BCUT2D eigenvalue weighted by Crippen LogP contribution is 2.39. The van der Waals surface area contributed by atoms with Crippen LogP contribution in [0.25, 0.3) is 0 Å². The van der Waals surface area contributed by atoms with Crippen LogP contribution >= 0.6 is 12.4 Å². The number of hydrogen-bond acceptors (Lipinski definition) is 2. The number of halogens is 1. The molecule has 0 amide bonds. The molecule has 2 nitrogen and oxygen atoms in total. The van der Waals surface area contributed by atoms with Crippen LogP contribution in [0, 0.1) is 11.8 Å². The van der Waals surface area contributed by atoms with Gasteiger partial charge in [-0.1, -0.05) is 44.9 Å². The summed E-state index contributed by atoms with van der Waals surface area (Å²) in [5.74, 6) is 3.30. The minimum atomic E-state index is 0. The molecule has 116 valence electrons. The van der Waals surface area contributed by atoms with Gasteiger partial charge in [0.1, 0.15) is 0 Å². The maximum Gasteiger partial charge on any atom is 0.0965 e. The van der Waals surface area contributed by atoms with Crippen LogP contribution in [0.15, 0.2) is 4.99 Å². The minimum Gasteiger partial charge on any atom is -0.371 e. The monoisotopic (exact) mass is 298 g/mol. The molecular weight excluding hydrogens is 268 g/mol. The highest BCUT2D eigenvalue weighted by molar-refractivity contribution is 5.85. The van der Waals surface area contributed by atoms with Gasteiger partial charge in [0, 0.05) is 19.0 Å². The molecule has 2 fully saturated rings. The van der Waals surface area contributed by atoms with Gasteiger partial charge in [0.2, 0.25) is 0 Å². The van der Waals surface area contributed by atoms with E-state index in [1.54, 1.807) is 0 Å². The van der Waals surface area contributed by atoms with Gasteiger partial charge in [-0.05, 0) is 37.5 Å². The predicted octanol–water partition coefficient (Wildman–Crippen LogP) is 4.72. The van der Waals surface area contributed by atoms with E-state index in [4.69, 9.17) is 4.99 Å². The third-order valence-electron chi connectivity index (χ3n) is 5.55. The molecule has 20 heavy (non-hydrogen) atoms.